The van der Waals surface area contributed by atoms with E-state index in [4.69, 9.17) is 23.7 Å². The second-order valence-corrected chi connectivity index (χ2v) is 19.8. The fourth-order valence-corrected chi connectivity index (χ4v) is 8.83. The van der Waals surface area contributed by atoms with Crippen LogP contribution in [0.4, 0.5) is 4.79 Å². The number of amides is 1. The second-order valence-electron chi connectivity index (χ2n) is 19.8. The predicted molar refractivity (Wildman–Crippen MR) is 274 cm³/mol. The molecule has 0 bridgehead atoms. The van der Waals surface area contributed by atoms with Crippen molar-refractivity contribution in [3.63, 3.8) is 0 Å². The van der Waals surface area contributed by atoms with Crippen molar-refractivity contribution >= 4 is 30.0 Å². The number of hydrogen-bond donors (Lipinski definition) is 1. The smallest absolute Gasteiger partial charge is 0.407 e. The van der Waals surface area contributed by atoms with Crippen molar-refractivity contribution in [2.75, 3.05) is 46.0 Å². The highest BCUT2D eigenvalue weighted by molar-refractivity contribution is 5.73. The summed E-state index contributed by atoms with van der Waals surface area (Å²) < 4.78 is 28.5. The van der Waals surface area contributed by atoms with E-state index < -0.39 is 23.9 Å². The normalized spacial score (nSPS) is 13.0. The maximum atomic E-state index is 12.9. The molecule has 1 aliphatic heterocycles. The van der Waals surface area contributed by atoms with E-state index in [2.05, 4.69) is 37.9 Å². The lowest BCUT2D eigenvalue weighted by atomic mass is 10.0. The summed E-state index contributed by atoms with van der Waals surface area (Å²) in [6.07, 6.45) is 35.9. The fourth-order valence-electron chi connectivity index (χ4n) is 8.83. The molecule has 0 aromatic carbocycles. The Bertz CT molecular complexity index is 1120. The van der Waals surface area contributed by atoms with Gasteiger partial charge in [-0.05, 0) is 90.1 Å². The number of ether oxygens (including phenoxy) is 5. The van der Waals surface area contributed by atoms with Crippen molar-refractivity contribution in [2.24, 2.45) is 5.92 Å². The van der Waals surface area contributed by atoms with Crippen LogP contribution in [0.15, 0.2) is 0 Å². The quantitative estimate of drug-likeness (QED) is 0.0353. The summed E-state index contributed by atoms with van der Waals surface area (Å²) in [7, 11) is 0. The Morgan fingerprint density at radius 1 is 0.412 bits per heavy atom. The van der Waals surface area contributed by atoms with Gasteiger partial charge in [-0.3, -0.25) is 19.2 Å². The number of carbonyl (C=O) groups excluding carboxylic acids is 5. The standard InChI is InChI=1S/C56H104N2O10/c1-5-9-13-17-21-26-34-50(35-27-22-18-14-10-6-2)67-54(61)40-32-38-52(59)64-46-49(48-66-56(63)57-42-45-58-43-30-25-31-44-58)47-65-53(60)39-33-41-55(62)68-51(36-28-23-19-15-11-7-3)37-29-24-20-16-12-8-4/h49-51H,5-48H2,1-4H3,(H,57,63). The minimum absolute atomic E-state index is 0.0356. The minimum atomic E-state index is -0.597. The van der Waals surface area contributed by atoms with E-state index in [1.54, 1.807) is 0 Å². The van der Waals surface area contributed by atoms with Gasteiger partial charge in [-0.15, -0.1) is 0 Å². The SMILES string of the molecule is CCCCCCCCC(CCCCCCCC)OC(=O)CCCC(=O)OCC(COC(=O)CCCC(=O)OC(CCCCCCCC)CCCCCCCC)COC(=O)NCCN1CCCCC1. The molecule has 0 radical (unpaired) electrons. The topological polar surface area (TPSA) is 147 Å². The highest BCUT2D eigenvalue weighted by Gasteiger charge is 2.21. The van der Waals surface area contributed by atoms with Crippen molar-refractivity contribution in [2.45, 2.75) is 277 Å². The first kappa shape index (κ1) is 63.1. The fraction of sp³-hybridized carbons (Fsp3) is 0.911. The lowest BCUT2D eigenvalue weighted by molar-refractivity contribution is -0.151. The maximum absolute atomic E-state index is 12.9. The number of nitrogens with zero attached hydrogens (tertiary/aromatic N) is 1. The van der Waals surface area contributed by atoms with Crippen molar-refractivity contribution in [3.05, 3.63) is 0 Å². The van der Waals surface area contributed by atoms with Gasteiger partial charge >= 0.3 is 30.0 Å². The highest BCUT2D eigenvalue weighted by Crippen LogP contribution is 2.20. The van der Waals surface area contributed by atoms with Gasteiger partial charge in [-0.1, -0.05) is 163 Å². The van der Waals surface area contributed by atoms with E-state index in [-0.39, 0.29) is 69.7 Å². The first-order valence-electron chi connectivity index (χ1n) is 28.5. The zero-order valence-corrected chi connectivity index (χ0v) is 44.4. The number of likely N-dealkylation sites (tertiary alicyclic amines) is 1. The molecule has 1 heterocycles. The molecule has 1 rings (SSSR count). The number of carbonyl (C=O) groups is 5. The Balaban J connectivity index is 2.65. The lowest BCUT2D eigenvalue weighted by Crippen LogP contribution is -2.38. The van der Waals surface area contributed by atoms with Gasteiger partial charge in [0.05, 0.1) is 5.92 Å². The number of hydrogen-bond acceptors (Lipinski definition) is 11. The van der Waals surface area contributed by atoms with E-state index in [9.17, 15) is 24.0 Å². The van der Waals surface area contributed by atoms with Crippen LogP contribution in [0.1, 0.15) is 265 Å². The molecule has 1 amide bonds. The van der Waals surface area contributed by atoms with Crippen LogP contribution in [-0.2, 0) is 42.9 Å². The van der Waals surface area contributed by atoms with Crippen molar-refractivity contribution < 1.29 is 47.7 Å². The van der Waals surface area contributed by atoms with Gasteiger partial charge in [-0.25, -0.2) is 4.79 Å². The van der Waals surface area contributed by atoms with Crippen LogP contribution in [0.2, 0.25) is 0 Å². The Labute approximate surface area is 415 Å². The molecular weight excluding hydrogens is 861 g/mol. The van der Waals surface area contributed by atoms with E-state index in [0.717, 1.165) is 110 Å². The molecule has 12 nitrogen and oxygen atoms in total. The molecule has 1 N–H and O–H groups in total. The molecule has 1 aliphatic rings. The van der Waals surface area contributed by atoms with Crippen LogP contribution in [0.5, 0.6) is 0 Å². The number of rotatable bonds is 47. The monoisotopic (exact) mass is 965 g/mol. The van der Waals surface area contributed by atoms with Crippen LogP contribution in [0, 0.1) is 5.92 Å². The Morgan fingerprint density at radius 2 is 0.750 bits per heavy atom. The summed E-state index contributed by atoms with van der Waals surface area (Å²) in [4.78, 5) is 66.5. The van der Waals surface area contributed by atoms with Crippen LogP contribution in [-0.4, -0.2) is 93.1 Å². The van der Waals surface area contributed by atoms with Gasteiger partial charge in [-0.2, -0.15) is 0 Å². The summed E-state index contributed by atoms with van der Waals surface area (Å²) in [6.45, 7) is 11.8. The summed E-state index contributed by atoms with van der Waals surface area (Å²) >= 11 is 0. The molecular formula is C56H104N2O10. The average Bonchev–Trinajstić information content (AvgIpc) is 3.33. The molecule has 0 aromatic heterocycles. The molecule has 0 spiro atoms. The summed E-state index contributed by atoms with van der Waals surface area (Å²) in [5, 5.41) is 2.80. The third-order valence-corrected chi connectivity index (χ3v) is 13.2. The van der Waals surface area contributed by atoms with E-state index in [0.29, 0.717) is 19.4 Å². The summed E-state index contributed by atoms with van der Waals surface area (Å²) in [5.41, 5.74) is 0. The molecule has 398 valence electrons. The molecule has 0 aliphatic carbocycles. The first-order valence-corrected chi connectivity index (χ1v) is 28.5. The minimum Gasteiger partial charge on any atom is -0.465 e. The Morgan fingerprint density at radius 3 is 1.13 bits per heavy atom. The molecule has 0 saturated carbocycles. The molecule has 1 fully saturated rings. The Kier molecular flexibility index (Phi) is 43.2. The van der Waals surface area contributed by atoms with Gasteiger partial charge in [0, 0.05) is 38.8 Å². The number of alkyl carbamates (subject to hydrolysis) is 1. The number of piperidine rings is 1. The van der Waals surface area contributed by atoms with Gasteiger partial charge in [0.1, 0.15) is 32.0 Å². The molecule has 12 heteroatoms. The van der Waals surface area contributed by atoms with Gasteiger partial charge < -0.3 is 33.9 Å². The van der Waals surface area contributed by atoms with Gasteiger partial charge in [0.2, 0.25) is 0 Å². The van der Waals surface area contributed by atoms with E-state index >= 15 is 0 Å². The van der Waals surface area contributed by atoms with Crippen LogP contribution < -0.4 is 5.32 Å². The largest absolute Gasteiger partial charge is 0.465 e. The van der Waals surface area contributed by atoms with E-state index in [1.165, 1.54) is 109 Å². The van der Waals surface area contributed by atoms with Crippen LogP contribution in [0.25, 0.3) is 0 Å². The van der Waals surface area contributed by atoms with Crippen molar-refractivity contribution in [3.8, 4) is 0 Å². The summed E-state index contributed by atoms with van der Waals surface area (Å²) in [6, 6.07) is 0. The molecule has 0 aromatic rings. The highest BCUT2D eigenvalue weighted by atomic mass is 16.6. The van der Waals surface area contributed by atoms with Gasteiger partial charge in [0.25, 0.3) is 0 Å². The van der Waals surface area contributed by atoms with Crippen molar-refractivity contribution in [1.82, 2.24) is 10.2 Å². The van der Waals surface area contributed by atoms with Crippen LogP contribution >= 0.6 is 0 Å². The number of nitrogens with one attached hydrogen (secondary N) is 1. The zero-order chi connectivity index (χ0) is 49.6. The number of unbranched alkanes of at least 4 members (excludes halogenated alkanes) is 20. The first-order chi connectivity index (χ1) is 33.2. The molecule has 68 heavy (non-hydrogen) atoms. The summed E-state index contributed by atoms with van der Waals surface area (Å²) in [5.74, 6) is -2.13. The maximum Gasteiger partial charge on any atom is 0.407 e. The zero-order valence-electron chi connectivity index (χ0n) is 44.4. The Hall–Kier alpha value is -2.89. The lowest BCUT2D eigenvalue weighted by Gasteiger charge is -2.26. The molecule has 1 saturated heterocycles. The van der Waals surface area contributed by atoms with E-state index in [1.807, 2.05) is 0 Å². The van der Waals surface area contributed by atoms with Gasteiger partial charge in [0.15, 0.2) is 0 Å². The third-order valence-electron chi connectivity index (χ3n) is 13.2. The molecule has 0 atom stereocenters. The second kappa shape index (κ2) is 46.5. The number of esters is 4. The van der Waals surface area contributed by atoms with Crippen molar-refractivity contribution in [1.29, 1.82) is 0 Å². The molecule has 0 unspecified atom stereocenters. The van der Waals surface area contributed by atoms with Crippen LogP contribution in [0.3, 0.4) is 0 Å². The average molecular weight is 965 g/mol. The third kappa shape index (κ3) is 39.9. The predicted octanol–water partition coefficient (Wildman–Crippen LogP) is 14.1.